The van der Waals surface area contributed by atoms with Gasteiger partial charge in [-0.05, 0) is 40.5 Å². The van der Waals surface area contributed by atoms with Crippen LogP contribution in [0.5, 0.6) is 5.75 Å². The fraction of sp³-hybridized carbons (Fsp3) is 0.222. The summed E-state index contributed by atoms with van der Waals surface area (Å²) < 4.78 is 5.92. The van der Waals surface area contributed by atoms with E-state index >= 15 is 0 Å². The molecule has 0 aliphatic carbocycles. The molecule has 0 bridgehead atoms. The smallest absolute Gasteiger partial charge is 0.134 e. The van der Waals surface area contributed by atoms with Crippen molar-refractivity contribution in [3.05, 3.63) is 27.7 Å². The number of aryl methyl sites for hydroxylation is 1. The second-order valence-electron chi connectivity index (χ2n) is 2.41. The van der Waals surface area contributed by atoms with Crippen LogP contribution >= 0.6 is 15.9 Å². The van der Waals surface area contributed by atoms with Crippen LogP contribution < -0.4 is 4.74 Å². The van der Waals surface area contributed by atoms with Gasteiger partial charge < -0.3 is 4.74 Å². The van der Waals surface area contributed by atoms with Gasteiger partial charge in [0.05, 0.1) is 23.2 Å². The minimum atomic E-state index is 0.648. The van der Waals surface area contributed by atoms with E-state index in [0.717, 1.165) is 10.0 Å². The van der Waals surface area contributed by atoms with Crippen LogP contribution in [0.1, 0.15) is 11.1 Å². The molecule has 0 aromatic heterocycles. The first-order valence-electron chi connectivity index (χ1n) is 3.43. The van der Waals surface area contributed by atoms with Crippen LogP contribution in [0, 0.1) is 18.3 Å². The van der Waals surface area contributed by atoms with Gasteiger partial charge in [-0.2, -0.15) is 5.26 Å². The van der Waals surface area contributed by atoms with Gasteiger partial charge in [0.25, 0.3) is 0 Å². The minimum Gasteiger partial charge on any atom is -0.496 e. The molecule has 0 aliphatic heterocycles. The lowest BCUT2D eigenvalue weighted by molar-refractivity contribution is 0.412. The molecule has 1 rings (SSSR count). The quantitative estimate of drug-likeness (QED) is 0.737. The van der Waals surface area contributed by atoms with Gasteiger partial charge >= 0.3 is 0 Å². The molecule has 0 fully saturated rings. The van der Waals surface area contributed by atoms with E-state index < -0.39 is 0 Å². The molecular weight excluding hydrogens is 218 g/mol. The van der Waals surface area contributed by atoms with Crippen LogP contribution in [-0.4, -0.2) is 7.11 Å². The third-order valence-corrected chi connectivity index (χ3v) is 2.24. The van der Waals surface area contributed by atoms with Crippen molar-refractivity contribution in [2.24, 2.45) is 0 Å². The zero-order valence-corrected chi connectivity index (χ0v) is 8.47. The normalized spacial score (nSPS) is 9.17. The number of hydrogen-bond donors (Lipinski definition) is 0. The number of methoxy groups -OCH3 is 1. The summed E-state index contributed by atoms with van der Waals surface area (Å²) in [4.78, 5) is 0. The molecule has 0 saturated heterocycles. The average molecular weight is 226 g/mol. The number of benzene rings is 1. The Labute approximate surface area is 79.9 Å². The fourth-order valence-electron chi connectivity index (χ4n) is 0.930. The van der Waals surface area contributed by atoms with Crippen LogP contribution in [0.25, 0.3) is 0 Å². The Bertz CT molecular complexity index is 341. The van der Waals surface area contributed by atoms with Crippen molar-refractivity contribution in [2.45, 2.75) is 6.92 Å². The number of halogens is 1. The molecule has 0 N–H and O–H groups in total. The first kappa shape index (κ1) is 9.08. The number of nitriles is 1. The molecule has 0 radical (unpaired) electrons. The van der Waals surface area contributed by atoms with Crippen molar-refractivity contribution < 1.29 is 4.74 Å². The Morgan fingerprint density at radius 3 is 2.67 bits per heavy atom. The number of ether oxygens (including phenoxy) is 1. The Morgan fingerprint density at radius 2 is 2.17 bits per heavy atom. The van der Waals surface area contributed by atoms with E-state index in [9.17, 15) is 0 Å². The highest BCUT2D eigenvalue weighted by atomic mass is 79.9. The summed E-state index contributed by atoms with van der Waals surface area (Å²) in [6, 6.07) is 5.69. The zero-order valence-electron chi connectivity index (χ0n) is 6.89. The highest BCUT2D eigenvalue weighted by Gasteiger charge is 2.04. The van der Waals surface area contributed by atoms with Crippen LogP contribution in [0.3, 0.4) is 0 Å². The van der Waals surface area contributed by atoms with E-state index in [4.69, 9.17) is 10.00 Å². The van der Waals surface area contributed by atoms with Gasteiger partial charge in [0.1, 0.15) is 5.75 Å². The van der Waals surface area contributed by atoms with E-state index in [1.165, 1.54) is 0 Å². The predicted octanol–water partition coefficient (Wildman–Crippen LogP) is 2.64. The molecule has 62 valence electrons. The highest BCUT2D eigenvalue weighted by molar-refractivity contribution is 9.10. The first-order valence-corrected chi connectivity index (χ1v) is 4.22. The van der Waals surface area contributed by atoms with Crippen molar-refractivity contribution >= 4 is 15.9 Å². The van der Waals surface area contributed by atoms with Crippen LogP contribution in [0.15, 0.2) is 16.6 Å². The molecule has 1 aromatic rings. The summed E-state index contributed by atoms with van der Waals surface area (Å²) in [5.41, 5.74) is 1.60. The molecule has 0 atom stereocenters. The third kappa shape index (κ3) is 1.59. The van der Waals surface area contributed by atoms with Gasteiger partial charge in [-0.15, -0.1) is 0 Å². The van der Waals surface area contributed by atoms with E-state index in [1.807, 2.05) is 13.0 Å². The van der Waals surface area contributed by atoms with Crippen molar-refractivity contribution in [1.29, 1.82) is 5.26 Å². The van der Waals surface area contributed by atoms with Crippen LogP contribution in [0.4, 0.5) is 0 Å². The van der Waals surface area contributed by atoms with Gasteiger partial charge in [-0.3, -0.25) is 0 Å². The Kier molecular flexibility index (Phi) is 2.72. The van der Waals surface area contributed by atoms with Gasteiger partial charge in [-0.1, -0.05) is 0 Å². The van der Waals surface area contributed by atoms with Crippen molar-refractivity contribution in [3.8, 4) is 11.8 Å². The fourth-order valence-corrected chi connectivity index (χ4v) is 1.55. The van der Waals surface area contributed by atoms with Crippen molar-refractivity contribution in [1.82, 2.24) is 0 Å². The zero-order chi connectivity index (χ0) is 9.14. The summed E-state index contributed by atoms with van der Waals surface area (Å²) >= 11 is 3.34. The van der Waals surface area contributed by atoms with E-state index in [1.54, 1.807) is 13.2 Å². The monoisotopic (exact) mass is 225 g/mol. The van der Waals surface area contributed by atoms with Crippen LogP contribution in [0.2, 0.25) is 0 Å². The maximum absolute atomic E-state index is 8.71. The van der Waals surface area contributed by atoms with Gasteiger partial charge in [-0.25, -0.2) is 0 Å². The minimum absolute atomic E-state index is 0.648. The van der Waals surface area contributed by atoms with Gasteiger partial charge in [0.15, 0.2) is 0 Å². The summed E-state index contributed by atoms with van der Waals surface area (Å²) in [6.45, 7) is 1.89. The molecule has 1 aromatic carbocycles. The summed E-state index contributed by atoms with van der Waals surface area (Å²) in [5, 5.41) is 8.71. The summed E-state index contributed by atoms with van der Waals surface area (Å²) in [6.07, 6.45) is 0. The van der Waals surface area contributed by atoms with E-state index in [-0.39, 0.29) is 0 Å². The maximum Gasteiger partial charge on any atom is 0.134 e. The number of rotatable bonds is 1. The molecule has 12 heavy (non-hydrogen) atoms. The molecule has 0 amide bonds. The lowest BCUT2D eigenvalue weighted by Crippen LogP contribution is -1.88. The summed E-state index contributed by atoms with van der Waals surface area (Å²) in [7, 11) is 1.58. The Morgan fingerprint density at radius 1 is 1.50 bits per heavy atom. The largest absolute Gasteiger partial charge is 0.496 e. The Balaban J connectivity index is 3.30. The topological polar surface area (TPSA) is 33.0 Å². The van der Waals surface area contributed by atoms with Gasteiger partial charge in [0, 0.05) is 0 Å². The molecular formula is C9H8BrNO. The van der Waals surface area contributed by atoms with Crippen LogP contribution in [-0.2, 0) is 0 Å². The molecule has 0 unspecified atom stereocenters. The molecule has 3 heteroatoms. The van der Waals surface area contributed by atoms with E-state index in [0.29, 0.717) is 11.3 Å². The number of hydrogen-bond acceptors (Lipinski definition) is 2. The molecule has 0 aliphatic rings. The third-order valence-electron chi connectivity index (χ3n) is 1.62. The molecule has 2 nitrogen and oxygen atoms in total. The molecule has 0 heterocycles. The summed E-state index contributed by atoms with van der Waals surface area (Å²) in [5.74, 6) is 0.692. The molecule has 0 saturated carbocycles. The second kappa shape index (κ2) is 3.59. The lowest BCUT2D eigenvalue weighted by atomic mass is 10.1. The van der Waals surface area contributed by atoms with Gasteiger partial charge in [0.2, 0.25) is 0 Å². The first-order chi connectivity index (χ1) is 5.69. The SMILES string of the molecule is COc1cc(C#N)c(C)cc1Br. The van der Waals surface area contributed by atoms with Crippen molar-refractivity contribution in [3.63, 3.8) is 0 Å². The van der Waals surface area contributed by atoms with E-state index in [2.05, 4.69) is 22.0 Å². The second-order valence-corrected chi connectivity index (χ2v) is 3.27. The average Bonchev–Trinajstić information content (AvgIpc) is 2.05. The van der Waals surface area contributed by atoms with Crippen molar-refractivity contribution in [2.75, 3.05) is 7.11 Å². The highest BCUT2D eigenvalue weighted by Crippen LogP contribution is 2.27. The maximum atomic E-state index is 8.71. The molecule has 0 spiro atoms. The lowest BCUT2D eigenvalue weighted by Gasteiger charge is -2.04. The standard InChI is InChI=1S/C9H8BrNO/c1-6-3-8(10)9(12-2)4-7(6)5-11/h3-4H,1-2H3. The Hall–Kier alpha value is -1.01. The number of nitrogens with zero attached hydrogens (tertiary/aromatic N) is 1. The predicted molar refractivity (Wildman–Crippen MR) is 50.1 cm³/mol.